The number of thiophene rings is 1. The molecule has 0 atom stereocenters. The normalized spacial score (nSPS) is 15.4. The molecule has 1 fully saturated rings. The summed E-state index contributed by atoms with van der Waals surface area (Å²) in [6.07, 6.45) is 4.06. The highest BCUT2D eigenvalue weighted by Gasteiger charge is 2.21. The number of rotatable bonds is 7. The van der Waals surface area contributed by atoms with Crippen molar-refractivity contribution in [3.05, 3.63) is 35.5 Å². The van der Waals surface area contributed by atoms with Crippen LogP contribution in [0.4, 0.5) is 5.95 Å². The number of aromatic nitrogens is 2. The maximum atomic E-state index is 12.4. The van der Waals surface area contributed by atoms with Crippen LogP contribution in [-0.4, -0.2) is 67.5 Å². The summed E-state index contributed by atoms with van der Waals surface area (Å²) in [5, 5.41) is 0. The first-order chi connectivity index (χ1) is 12.5. The van der Waals surface area contributed by atoms with Crippen molar-refractivity contribution in [3.8, 4) is 0 Å². The zero-order valence-corrected chi connectivity index (χ0v) is 17.5. The van der Waals surface area contributed by atoms with Crippen LogP contribution in [-0.2, 0) is 9.84 Å². The van der Waals surface area contributed by atoms with Crippen molar-refractivity contribution in [2.45, 2.75) is 17.6 Å². The molecule has 27 heavy (non-hydrogen) atoms. The fourth-order valence-corrected chi connectivity index (χ4v) is 5.53. The topological polar surface area (TPSA) is 83.5 Å². The van der Waals surface area contributed by atoms with Crippen LogP contribution < -0.4 is 4.90 Å². The summed E-state index contributed by atoms with van der Waals surface area (Å²) in [4.78, 5) is 24.8. The monoisotopic (exact) mass is 430 g/mol. The summed E-state index contributed by atoms with van der Waals surface area (Å²) >= 11 is 1.06. The molecule has 0 amide bonds. The molecule has 2 aromatic heterocycles. The van der Waals surface area contributed by atoms with Crippen LogP contribution in [0.1, 0.15) is 23.0 Å². The highest BCUT2D eigenvalue weighted by molar-refractivity contribution is 7.93. The molecule has 7 nitrogen and oxygen atoms in total. The second-order valence-electron chi connectivity index (χ2n) is 6.22. The minimum Gasteiger partial charge on any atom is -0.338 e. The molecule has 0 bridgehead atoms. The summed E-state index contributed by atoms with van der Waals surface area (Å²) in [6.45, 7) is 5.60. The van der Waals surface area contributed by atoms with Gasteiger partial charge in [-0.1, -0.05) is 0 Å². The van der Waals surface area contributed by atoms with E-state index in [4.69, 9.17) is 0 Å². The van der Waals surface area contributed by atoms with Crippen molar-refractivity contribution in [2.24, 2.45) is 0 Å². The molecular formula is C17H23ClN4O3S2. The molecule has 1 aliphatic rings. The fraction of sp³-hybridized carbons (Fsp3) is 0.471. The van der Waals surface area contributed by atoms with Gasteiger partial charge in [0.25, 0.3) is 0 Å². The number of hydrogen-bond donors (Lipinski definition) is 0. The first-order valence-corrected chi connectivity index (χ1v) is 11.0. The Morgan fingerprint density at radius 2 is 1.81 bits per heavy atom. The van der Waals surface area contributed by atoms with Gasteiger partial charge in [0.15, 0.2) is 15.6 Å². The van der Waals surface area contributed by atoms with E-state index in [-0.39, 0.29) is 28.2 Å². The van der Waals surface area contributed by atoms with E-state index >= 15 is 0 Å². The van der Waals surface area contributed by atoms with E-state index < -0.39 is 9.84 Å². The molecule has 0 N–H and O–H groups in total. The Morgan fingerprint density at radius 1 is 1.15 bits per heavy atom. The second-order valence-corrected chi connectivity index (χ2v) is 9.64. The largest absolute Gasteiger partial charge is 0.338 e. The number of halogens is 1. The average molecular weight is 431 g/mol. The maximum Gasteiger partial charge on any atom is 0.225 e. The molecule has 0 aromatic carbocycles. The number of carbonyl (C=O) groups excluding carboxylic acids is 1. The number of hydrogen-bond acceptors (Lipinski definition) is 8. The van der Waals surface area contributed by atoms with Gasteiger partial charge < -0.3 is 4.90 Å². The zero-order chi connectivity index (χ0) is 18.6. The number of Topliss-reactive ketones (excluding diaryl/α,β-unsaturated/α-hetero) is 1. The van der Waals surface area contributed by atoms with Gasteiger partial charge in [0.1, 0.15) is 4.21 Å². The van der Waals surface area contributed by atoms with E-state index in [1.807, 2.05) is 0 Å². The van der Waals surface area contributed by atoms with Crippen molar-refractivity contribution < 1.29 is 13.2 Å². The lowest BCUT2D eigenvalue weighted by Gasteiger charge is -2.34. The van der Waals surface area contributed by atoms with Gasteiger partial charge in [-0.05, 0) is 38.1 Å². The van der Waals surface area contributed by atoms with Crippen molar-refractivity contribution in [1.29, 1.82) is 0 Å². The number of piperazine rings is 1. The highest BCUT2D eigenvalue weighted by atomic mass is 35.5. The molecule has 0 spiro atoms. The van der Waals surface area contributed by atoms with Gasteiger partial charge >= 0.3 is 0 Å². The van der Waals surface area contributed by atoms with E-state index in [2.05, 4.69) is 19.8 Å². The Bertz CT molecular complexity index is 850. The molecule has 1 aliphatic heterocycles. The van der Waals surface area contributed by atoms with Gasteiger partial charge in [0.05, 0.1) is 10.6 Å². The number of ketones is 1. The molecule has 0 radical (unpaired) electrons. The average Bonchev–Trinajstić information content (AvgIpc) is 3.14. The first kappa shape index (κ1) is 21.7. The molecule has 0 saturated carbocycles. The lowest BCUT2D eigenvalue weighted by atomic mass is 10.3. The van der Waals surface area contributed by atoms with Gasteiger partial charge in [-0.3, -0.25) is 9.69 Å². The van der Waals surface area contributed by atoms with Crippen molar-refractivity contribution >= 4 is 45.3 Å². The van der Waals surface area contributed by atoms with Crippen LogP contribution in [0, 0.1) is 0 Å². The van der Waals surface area contributed by atoms with E-state index in [1.54, 1.807) is 24.5 Å². The lowest BCUT2D eigenvalue weighted by Crippen LogP contribution is -2.47. The fourth-order valence-electron chi connectivity index (χ4n) is 2.88. The standard InChI is InChI=1S/C17H22N4O3S2.ClH/c1-14(22)15-4-5-16(25-15)26(23,24)13-3-8-20-9-11-21(12-10-20)17-18-6-2-7-19-17;/h2,4-7H,3,8-13H2,1H3;1H. The van der Waals surface area contributed by atoms with Crippen molar-refractivity contribution in [2.75, 3.05) is 43.4 Å². The zero-order valence-electron chi connectivity index (χ0n) is 15.1. The Hall–Kier alpha value is -1.55. The Labute approximate surface area is 169 Å². The molecule has 148 valence electrons. The summed E-state index contributed by atoms with van der Waals surface area (Å²) in [7, 11) is -3.32. The Morgan fingerprint density at radius 3 is 2.41 bits per heavy atom. The minimum absolute atomic E-state index is 0. The number of anilines is 1. The van der Waals surface area contributed by atoms with E-state index in [1.165, 1.54) is 13.0 Å². The Kier molecular flexibility index (Phi) is 7.72. The lowest BCUT2D eigenvalue weighted by molar-refractivity contribution is 0.102. The quantitative estimate of drug-likeness (QED) is 0.622. The van der Waals surface area contributed by atoms with Crippen molar-refractivity contribution in [3.63, 3.8) is 0 Å². The molecule has 0 unspecified atom stereocenters. The number of nitrogens with zero attached hydrogens (tertiary/aromatic N) is 4. The van der Waals surface area contributed by atoms with Crippen LogP contribution in [0.5, 0.6) is 0 Å². The summed E-state index contributed by atoms with van der Waals surface area (Å²) in [5.41, 5.74) is 0. The van der Waals surface area contributed by atoms with Gasteiger partial charge in [0, 0.05) is 38.6 Å². The third-order valence-corrected chi connectivity index (χ3v) is 7.90. The Balaban J connectivity index is 0.00000261. The van der Waals surface area contributed by atoms with Gasteiger partial charge in [-0.25, -0.2) is 18.4 Å². The predicted molar refractivity (Wildman–Crippen MR) is 109 cm³/mol. The second kappa shape index (κ2) is 9.59. The van der Waals surface area contributed by atoms with Gasteiger partial charge in [-0.15, -0.1) is 23.7 Å². The van der Waals surface area contributed by atoms with Crippen molar-refractivity contribution in [1.82, 2.24) is 14.9 Å². The summed E-state index contributed by atoms with van der Waals surface area (Å²) in [6, 6.07) is 4.92. The van der Waals surface area contributed by atoms with Crippen LogP contribution in [0.25, 0.3) is 0 Å². The van der Waals surface area contributed by atoms with E-state index in [0.29, 0.717) is 11.3 Å². The third-order valence-electron chi connectivity index (χ3n) is 4.33. The first-order valence-electron chi connectivity index (χ1n) is 8.53. The highest BCUT2D eigenvalue weighted by Crippen LogP contribution is 2.23. The van der Waals surface area contributed by atoms with E-state index in [0.717, 1.165) is 50.0 Å². The molecule has 10 heteroatoms. The molecule has 3 rings (SSSR count). The van der Waals surface area contributed by atoms with Crippen LogP contribution in [0.3, 0.4) is 0 Å². The third kappa shape index (κ3) is 5.71. The summed E-state index contributed by atoms with van der Waals surface area (Å²) in [5.74, 6) is 0.748. The molecule has 3 heterocycles. The number of carbonyl (C=O) groups is 1. The van der Waals surface area contributed by atoms with Crippen LogP contribution >= 0.6 is 23.7 Å². The van der Waals surface area contributed by atoms with Gasteiger partial charge in [0.2, 0.25) is 5.95 Å². The minimum atomic E-state index is -3.32. The maximum absolute atomic E-state index is 12.4. The van der Waals surface area contributed by atoms with Crippen LogP contribution in [0.2, 0.25) is 0 Å². The number of sulfone groups is 1. The molecule has 2 aromatic rings. The molecule has 1 saturated heterocycles. The molecular weight excluding hydrogens is 408 g/mol. The summed E-state index contributed by atoms with van der Waals surface area (Å²) < 4.78 is 25.1. The van der Waals surface area contributed by atoms with Crippen LogP contribution in [0.15, 0.2) is 34.8 Å². The van der Waals surface area contributed by atoms with E-state index in [9.17, 15) is 13.2 Å². The SMILES string of the molecule is CC(=O)c1ccc(S(=O)(=O)CCCN2CCN(c3ncccn3)CC2)s1.Cl. The smallest absolute Gasteiger partial charge is 0.225 e. The molecule has 0 aliphatic carbocycles. The predicted octanol–water partition coefficient (Wildman–Crippen LogP) is 2.15. The van der Waals surface area contributed by atoms with Gasteiger partial charge in [-0.2, -0.15) is 0 Å².